The van der Waals surface area contributed by atoms with Crippen LogP contribution in [0.2, 0.25) is 0 Å². The molecule has 0 bridgehead atoms. The number of hydrogen-bond acceptors (Lipinski definition) is 3. The zero-order chi connectivity index (χ0) is 25.5. The third-order valence-electron chi connectivity index (χ3n) is 6.25. The molecule has 194 valence electrons. The van der Waals surface area contributed by atoms with Gasteiger partial charge in [-0.2, -0.15) is 17.7 Å². The second kappa shape index (κ2) is 17.8. The minimum absolute atomic E-state index is 0.844. The predicted molar refractivity (Wildman–Crippen MR) is 155 cm³/mol. The summed E-state index contributed by atoms with van der Waals surface area (Å²) in [5, 5.41) is 7.46. The molecule has 0 heterocycles. The van der Waals surface area contributed by atoms with Crippen LogP contribution in [-0.2, 0) is 49.6 Å². The zero-order valence-electron chi connectivity index (χ0n) is 22.1. The van der Waals surface area contributed by atoms with Gasteiger partial charge in [0.05, 0.1) is 6.67 Å². The van der Waals surface area contributed by atoms with Gasteiger partial charge in [0.2, 0.25) is 0 Å². The molecule has 34 heavy (non-hydrogen) atoms. The predicted octanol–water partition coefficient (Wildman–Crippen LogP) is 7.96. The average molecular weight is 641 g/mol. The molecule has 0 aromatic heterocycles. The number of aryl methyl sites for hydroxylation is 6. The Morgan fingerprint density at radius 1 is 0.765 bits per heavy atom. The summed E-state index contributed by atoms with van der Waals surface area (Å²) >= 11 is 7.12. The summed E-state index contributed by atoms with van der Waals surface area (Å²) in [6.45, 7) is 16.2. The fourth-order valence-corrected chi connectivity index (χ4v) is 4.22. The van der Waals surface area contributed by atoms with Crippen molar-refractivity contribution in [2.24, 2.45) is 0 Å². The van der Waals surface area contributed by atoms with E-state index in [1.54, 1.807) is 0 Å². The first-order valence-corrected chi connectivity index (χ1v) is 17.8. The Labute approximate surface area is 229 Å². The van der Waals surface area contributed by atoms with Crippen LogP contribution in [-0.4, -0.2) is 31.7 Å². The monoisotopic (exact) mass is 639 g/mol. The van der Waals surface area contributed by atoms with Crippen LogP contribution in [0, 0.1) is 6.07 Å². The molecule has 0 saturated carbocycles. The van der Waals surface area contributed by atoms with Crippen LogP contribution in [0.5, 0.6) is 0 Å². The number of hydrogen-bond donors (Lipinski definition) is 2. The molecule has 0 atom stereocenters. The molecular formula is C28H44Br2CoN3. The van der Waals surface area contributed by atoms with Gasteiger partial charge in [0.15, 0.2) is 0 Å². The van der Waals surface area contributed by atoms with E-state index >= 15 is 0 Å². The normalized spacial score (nSPS) is 10.9. The summed E-state index contributed by atoms with van der Waals surface area (Å²) < 4.78 is 0. The molecule has 2 aromatic rings. The Hall–Kier alpha value is -0.534. The van der Waals surface area contributed by atoms with E-state index in [0.29, 0.717) is 0 Å². The van der Waals surface area contributed by atoms with E-state index in [-0.39, 0.29) is 0 Å². The van der Waals surface area contributed by atoms with E-state index < -0.39 is 0 Å². The van der Waals surface area contributed by atoms with Gasteiger partial charge in [0, 0.05) is 18.8 Å². The molecule has 0 aliphatic heterocycles. The van der Waals surface area contributed by atoms with Crippen molar-refractivity contribution in [3.05, 3.63) is 57.6 Å². The molecule has 3 nitrogen and oxygen atoms in total. The van der Waals surface area contributed by atoms with Gasteiger partial charge in [-0.1, -0.05) is 78.6 Å². The van der Waals surface area contributed by atoms with Gasteiger partial charge in [-0.15, -0.1) is 11.1 Å². The van der Waals surface area contributed by atoms with Gasteiger partial charge >= 0.3 is 39.5 Å². The molecule has 2 aromatic carbocycles. The van der Waals surface area contributed by atoms with Crippen LogP contribution in [0.25, 0.3) is 0 Å². The van der Waals surface area contributed by atoms with E-state index in [1.807, 2.05) is 0 Å². The Balaban J connectivity index is 0.00000182. The number of anilines is 2. The molecule has 0 aliphatic carbocycles. The van der Waals surface area contributed by atoms with Crippen molar-refractivity contribution >= 4 is 39.7 Å². The molecular weight excluding hydrogens is 597 g/mol. The Bertz CT molecular complexity index is 808. The minimum atomic E-state index is 0.844. The molecule has 2 N–H and O–H groups in total. The molecule has 0 radical (unpaired) electrons. The standard InChI is InChI=1S/C28H44N3.2BrH.Co/c1-8-21-16-23(10-3)27(24(11-4)17-21)29-14-15-31(7)20-30-28-25(12-5)18-22(9-2)19-26(28)13-6;;;/h16-18,29-30H,8-15,20H2,1-7H3;2*1H;/q-1;;;+3/p-2. The number of nitrogens with zero attached hydrogens (tertiary/aromatic N) is 1. The zero-order valence-corrected chi connectivity index (χ0v) is 26.3. The third kappa shape index (κ3) is 9.85. The Morgan fingerprint density at radius 2 is 1.32 bits per heavy atom. The summed E-state index contributed by atoms with van der Waals surface area (Å²) in [6.07, 6.45) is 6.36. The van der Waals surface area contributed by atoms with Crippen LogP contribution < -0.4 is 10.6 Å². The topological polar surface area (TPSA) is 27.3 Å². The second-order valence-electron chi connectivity index (χ2n) is 8.47. The van der Waals surface area contributed by atoms with Crippen LogP contribution in [0.1, 0.15) is 74.9 Å². The van der Waals surface area contributed by atoms with E-state index in [9.17, 15) is 0 Å². The molecule has 2 rings (SSSR count). The van der Waals surface area contributed by atoms with Gasteiger partial charge in [0.1, 0.15) is 0 Å². The van der Waals surface area contributed by atoms with Crippen LogP contribution in [0.15, 0.2) is 18.2 Å². The SMILES string of the molecule is CCc1[c-]c(CC)c(NCN(C)CCNc2c(CC)cc(CC)cc2CC)c(CC)c1.[Br][Co+][Br]. The molecule has 0 fully saturated rings. The molecule has 0 aliphatic rings. The van der Waals surface area contributed by atoms with Crippen molar-refractivity contribution in [3.8, 4) is 0 Å². The van der Waals surface area contributed by atoms with E-state index in [0.717, 1.165) is 69.4 Å². The quantitative estimate of drug-likeness (QED) is 0.172. The Kier molecular flexibility index (Phi) is 16.5. The van der Waals surface area contributed by atoms with Crippen molar-refractivity contribution < 1.29 is 11.1 Å². The van der Waals surface area contributed by atoms with Crippen LogP contribution in [0.3, 0.4) is 0 Å². The summed E-state index contributed by atoms with van der Waals surface area (Å²) in [6, 6.07) is 10.7. The van der Waals surface area contributed by atoms with Crippen molar-refractivity contribution in [2.75, 3.05) is 37.4 Å². The maximum absolute atomic E-state index is 3.75. The van der Waals surface area contributed by atoms with Crippen molar-refractivity contribution in [1.29, 1.82) is 0 Å². The van der Waals surface area contributed by atoms with Crippen molar-refractivity contribution in [1.82, 2.24) is 4.90 Å². The molecule has 0 saturated heterocycles. The summed E-state index contributed by atoms with van der Waals surface area (Å²) in [4.78, 5) is 2.36. The van der Waals surface area contributed by atoms with Gasteiger partial charge < -0.3 is 10.6 Å². The number of benzene rings is 2. The van der Waals surface area contributed by atoms with Crippen molar-refractivity contribution in [3.63, 3.8) is 0 Å². The molecule has 0 unspecified atom stereocenters. The van der Waals surface area contributed by atoms with Gasteiger partial charge in [-0.25, -0.2) is 0 Å². The summed E-state index contributed by atoms with van der Waals surface area (Å²) in [7, 11) is 2.19. The number of rotatable bonds is 13. The summed E-state index contributed by atoms with van der Waals surface area (Å²) in [5.41, 5.74) is 11.0. The van der Waals surface area contributed by atoms with Crippen molar-refractivity contribution in [2.45, 2.75) is 80.1 Å². The first-order valence-electron chi connectivity index (χ1n) is 12.6. The maximum atomic E-state index is 3.75. The van der Waals surface area contributed by atoms with Gasteiger partial charge in [0.25, 0.3) is 0 Å². The molecule has 6 heteroatoms. The van der Waals surface area contributed by atoms with Gasteiger partial charge in [-0.05, 0) is 43.0 Å². The summed E-state index contributed by atoms with van der Waals surface area (Å²) in [5.74, 6) is 0. The second-order valence-corrected chi connectivity index (χ2v) is 13.7. The third-order valence-corrected chi connectivity index (χ3v) is 6.25. The van der Waals surface area contributed by atoms with E-state index in [1.165, 1.54) is 44.8 Å². The van der Waals surface area contributed by atoms with Crippen LogP contribution in [0.4, 0.5) is 11.4 Å². The van der Waals surface area contributed by atoms with E-state index in [2.05, 4.69) is 117 Å². The van der Waals surface area contributed by atoms with Crippen LogP contribution >= 0.6 is 28.3 Å². The van der Waals surface area contributed by atoms with Gasteiger partial charge in [-0.3, -0.25) is 4.90 Å². The fourth-order valence-electron chi connectivity index (χ4n) is 4.22. The first kappa shape index (κ1) is 31.5. The molecule has 0 amide bonds. The van der Waals surface area contributed by atoms with E-state index in [4.69, 9.17) is 0 Å². The molecule has 0 spiro atoms. The fraction of sp³-hybridized carbons (Fsp3) is 0.571. The Morgan fingerprint density at radius 3 is 1.79 bits per heavy atom. The average Bonchev–Trinajstić information content (AvgIpc) is 2.86. The first-order chi connectivity index (χ1) is 16.4. The number of halogens is 2. The number of nitrogens with one attached hydrogen (secondary N) is 2. The number of likely N-dealkylation sites (N-methyl/N-ethyl adjacent to an activating group) is 1.